The topological polar surface area (TPSA) is 45.2 Å². The largest absolute Gasteiger partial charge is 0.365 e. The lowest BCUT2D eigenvalue weighted by molar-refractivity contribution is -0.114. The number of anilines is 2. The van der Waals surface area contributed by atoms with Crippen LogP contribution < -0.4 is 10.2 Å². The summed E-state index contributed by atoms with van der Waals surface area (Å²) in [5.41, 5.74) is 4.76. The molecule has 0 fully saturated rings. The van der Waals surface area contributed by atoms with E-state index in [1.165, 1.54) is 0 Å². The minimum atomic E-state index is -0.0631. The number of nitrogens with one attached hydrogen (secondary N) is 1. The fourth-order valence-electron chi connectivity index (χ4n) is 2.93. The molecule has 0 atom stereocenters. The Kier molecular flexibility index (Phi) is 4.91. The Balaban J connectivity index is 1.82. The molecule has 0 saturated heterocycles. The maximum absolute atomic E-state index is 12.5. The number of hydrogen-bond donors (Lipinski definition) is 1. The van der Waals surface area contributed by atoms with Crippen molar-refractivity contribution in [3.8, 4) is 0 Å². The van der Waals surface area contributed by atoms with Gasteiger partial charge >= 0.3 is 0 Å². The highest BCUT2D eigenvalue weighted by molar-refractivity contribution is 6.31. The molecule has 0 unspecified atom stereocenters. The second kappa shape index (κ2) is 7.11. The zero-order valence-electron chi connectivity index (χ0n) is 14.5. The molecule has 1 amide bonds. The van der Waals surface area contributed by atoms with Crippen LogP contribution >= 0.6 is 11.6 Å². The first-order valence-corrected chi connectivity index (χ1v) is 8.45. The van der Waals surface area contributed by atoms with Crippen LogP contribution in [0.5, 0.6) is 0 Å². The van der Waals surface area contributed by atoms with Crippen LogP contribution in [0, 0.1) is 13.8 Å². The number of likely N-dealkylation sites (N-methyl/N-ethyl adjacent to an activating group) is 1. The molecule has 1 aromatic heterocycles. The fraction of sp³-hybridized carbons (Fsp3) is 0.200. The minimum Gasteiger partial charge on any atom is -0.365 e. The molecule has 3 rings (SSSR count). The average molecular weight is 354 g/mol. The lowest BCUT2D eigenvalue weighted by Gasteiger charge is -2.21. The van der Waals surface area contributed by atoms with Crippen molar-refractivity contribution >= 4 is 39.8 Å². The second-order valence-corrected chi connectivity index (χ2v) is 6.60. The average Bonchev–Trinajstić information content (AvgIpc) is 2.57. The van der Waals surface area contributed by atoms with Crippen LogP contribution in [0.25, 0.3) is 10.9 Å². The Morgan fingerprint density at radius 3 is 2.60 bits per heavy atom. The molecule has 3 aromatic rings. The van der Waals surface area contributed by atoms with Gasteiger partial charge in [0.25, 0.3) is 0 Å². The molecule has 5 heteroatoms. The maximum atomic E-state index is 12.5. The molecule has 4 nitrogen and oxygen atoms in total. The highest BCUT2D eigenvalue weighted by atomic mass is 35.5. The van der Waals surface area contributed by atoms with Gasteiger partial charge in [0.1, 0.15) is 0 Å². The summed E-state index contributed by atoms with van der Waals surface area (Å²) in [4.78, 5) is 18.8. The molecule has 0 aliphatic heterocycles. The highest BCUT2D eigenvalue weighted by Crippen LogP contribution is 2.27. The lowest BCUT2D eigenvalue weighted by Crippen LogP contribution is -2.30. The zero-order chi connectivity index (χ0) is 18.0. The molecule has 1 N–H and O–H groups in total. The summed E-state index contributed by atoms with van der Waals surface area (Å²) in [6.07, 6.45) is 1.74. The Morgan fingerprint density at radius 2 is 1.88 bits per heavy atom. The maximum Gasteiger partial charge on any atom is 0.243 e. The first-order chi connectivity index (χ1) is 12.0. The molecule has 0 radical (unpaired) electrons. The number of pyridine rings is 1. The van der Waals surface area contributed by atoms with Crippen LogP contribution in [0.1, 0.15) is 11.1 Å². The summed E-state index contributed by atoms with van der Waals surface area (Å²) in [5, 5.41) is 4.59. The number of rotatable bonds is 4. The molecule has 0 saturated carbocycles. The first kappa shape index (κ1) is 17.2. The number of fused-ring (bicyclic) bond motifs is 1. The predicted molar refractivity (Wildman–Crippen MR) is 105 cm³/mol. The Labute approximate surface area is 152 Å². The number of para-hydroxylation sites is 1. The number of amides is 1. The van der Waals surface area contributed by atoms with Gasteiger partial charge in [0, 0.05) is 35.0 Å². The van der Waals surface area contributed by atoms with E-state index in [1.54, 1.807) is 6.20 Å². The summed E-state index contributed by atoms with van der Waals surface area (Å²) in [6.45, 7) is 4.22. The van der Waals surface area contributed by atoms with Crippen molar-refractivity contribution in [3.63, 3.8) is 0 Å². The van der Waals surface area contributed by atoms with E-state index in [0.717, 1.165) is 33.4 Å². The Morgan fingerprint density at radius 1 is 1.16 bits per heavy atom. The number of halogens is 1. The molecule has 25 heavy (non-hydrogen) atoms. The molecule has 0 aliphatic rings. The molecular weight excluding hydrogens is 334 g/mol. The van der Waals surface area contributed by atoms with Gasteiger partial charge in [-0.15, -0.1) is 0 Å². The van der Waals surface area contributed by atoms with Crippen molar-refractivity contribution < 1.29 is 4.79 Å². The summed E-state index contributed by atoms with van der Waals surface area (Å²) in [5.74, 6) is -0.0631. The Bertz CT molecular complexity index is 919. The van der Waals surface area contributed by atoms with Gasteiger partial charge in [-0.2, -0.15) is 0 Å². The van der Waals surface area contributed by atoms with Gasteiger partial charge < -0.3 is 10.2 Å². The zero-order valence-corrected chi connectivity index (χ0v) is 15.3. The number of hydrogen-bond acceptors (Lipinski definition) is 3. The number of aromatic nitrogens is 1. The fourth-order valence-corrected chi connectivity index (χ4v) is 3.10. The number of benzene rings is 2. The smallest absolute Gasteiger partial charge is 0.243 e. The van der Waals surface area contributed by atoms with Crippen molar-refractivity contribution in [2.75, 3.05) is 23.8 Å². The van der Waals surface area contributed by atoms with E-state index < -0.39 is 0 Å². The number of carbonyl (C=O) groups excluding carboxylic acids is 1. The van der Waals surface area contributed by atoms with Crippen molar-refractivity contribution in [1.29, 1.82) is 0 Å². The summed E-state index contributed by atoms with van der Waals surface area (Å²) < 4.78 is 0. The quantitative estimate of drug-likeness (QED) is 0.746. The second-order valence-electron chi connectivity index (χ2n) is 6.16. The number of carbonyl (C=O) groups is 1. The molecular formula is C20H20ClN3O. The Hall–Kier alpha value is -2.59. The van der Waals surface area contributed by atoms with Crippen LogP contribution in [-0.2, 0) is 4.79 Å². The van der Waals surface area contributed by atoms with Gasteiger partial charge in [-0.25, -0.2) is 0 Å². The third-order valence-electron chi connectivity index (χ3n) is 4.22. The summed E-state index contributed by atoms with van der Waals surface area (Å²) >= 11 is 6.12. The minimum absolute atomic E-state index is 0.0631. The summed E-state index contributed by atoms with van der Waals surface area (Å²) in [7, 11) is 1.89. The van der Waals surface area contributed by atoms with E-state index in [-0.39, 0.29) is 12.5 Å². The molecule has 1 heterocycles. The van der Waals surface area contributed by atoms with E-state index in [2.05, 4.69) is 10.3 Å². The number of aryl methyl sites for hydroxylation is 2. The van der Waals surface area contributed by atoms with E-state index in [9.17, 15) is 4.79 Å². The van der Waals surface area contributed by atoms with Crippen molar-refractivity contribution in [3.05, 3.63) is 64.8 Å². The van der Waals surface area contributed by atoms with Gasteiger partial charge in [-0.3, -0.25) is 9.78 Å². The SMILES string of the molecule is Cc1cccc(C)c1NC(=O)CN(C)c1ccnc2ccc(Cl)cc12. The standard InChI is InChI=1S/C20H20ClN3O/c1-13-5-4-6-14(2)20(13)23-19(25)12-24(3)18-9-10-22-17-8-7-15(21)11-16(17)18/h4-11H,12H2,1-3H3,(H,23,25). The van der Waals surface area contributed by atoms with E-state index >= 15 is 0 Å². The lowest BCUT2D eigenvalue weighted by atomic mass is 10.1. The van der Waals surface area contributed by atoms with E-state index in [1.807, 2.05) is 68.3 Å². The third kappa shape index (κ3) is 3.74. The van der Waals surface area contributed by atoms with Crippen LogP contribution in [0.3, 0.4) is 0 Å². The third-order valence-corrected chi connectivity index (χ3v) is 4.45. The molecule has 0 spiro atoms. The molecule has 0 aliphatic carbocycles. The van der Waals surface area contributed by atoms with Crippen LogP contribution in [0.2, 0.25) is 5.02 Å². The highest BCUT2D eigenvalue weighted by Gasteiger charge is 2.13. The van der Waals surface area contributed by atoms with Gasteiger partial charge in [0.05, 0.1) is 12.1 Å². The van der Waals surface area contributed by atoms with Crippen LogP contribution in [0.4, 0.5) is 11.4 Å². The van der Waals surface area contributed by atoms with Crippen LogP contribution in [0.15, 0.2) is 48.7 Å². The van der Waals surface area contributed by atoms with Gasteiger partial charge in [-0.1, -0.05) is 29.8 Å². The van der Waals surface area contributed by atoms with Gasteiger partial charge in [-0.05, 0) is 49.2 Å². The van der Waals surface area contributed by atoms with E-state index in [4.69, 9.17) is 11.6 Å². The van der Waals surface area contributed by atoms with Gasteiger partial charge in [0.2, 0.25) is 5.91 Å². The van der Waals surface area contributed by atoms with Gasteiger partial charge in [0.15, 0.2) is 0 Å². The number of nitrogens with zero attached hydrogens (tertiary/aromatic N) is 2. The molecule has 128 valence electrons. The first-order valence-electron chi connectivity index (χ1n) is 8.07. The predicted octanol–water partition coefficient (Wildman–Crippen LogP) is 4.58. The van der Waals surface area contributed by atoms with E-state index in [0.29, 0.717) is 5.02 Å². The molecule has 0 bridgehead atoms. The molecule has 2 aromatic carbocycles. The van der Waals surface area contributed by atoms with Crippen molar-refractivity contribution in [1.82, 2.24) is 4.98 Å². The van der Waals surface area contributed by atoms with Crippen molar-refractivity contribution in [2.24, 2.45) is 0 Å². The monoisotopic (exact) mass is 353 g/mol. The summed E-state index contributed by atoms with van der Waals surface area (Å²) in [6, 6.07) is 13.4. The van der Waals surface area contributed by atoms with Crippen molar-refractivity contribution in [2.45, 2.75) is 13.8 Å². The van der Waals surface area contributed by atoms with Crippen LogP contribution in [-0.4, -0.2) is 24.5 Å². The normalized spacial score (nSPS) is 10.7.